The van der Waals surface area contributed by atoms with E-state index in [1.807, 2.05) is 18.5 Å². The second kappa shape index (κ2) is 11.1. The maximum atomic E-state index is 5.44. The van der Waals surface area contributed by atoms with Crippen molar-refractivity contribution in [1.29, 1.82) is 0 Å². The van der Waals surface area contributed by atoms with Gasteiger partial charge in [0, 0.05) is 51.9 Å². The van der Waals surface area contributed by atoms with Crippen LogP contribution in [0.15, 0.2) is 4.99 Å². The second-order valence-corrected chi connectivity index (χ2v) is 8.90. The number of aromatic nitrogens is 3. The fraction of sp³-hybridized carbons (Fsp3) is 0.857. The maximum Gasteiger partial charge on any atom is 0.191 e. The van der Waals surface area contributed by atoms with Crippen LogP contribution >= 0.6 is 0 Å². The highest BCUT2D eigenvalue weighted by atomic mass is 16.5. The topological polar surface area (TPSA) is 82.8 Å². The highest BCUT2D eigenvalue weighted by molar-refractivity contribution is 5.80. The maximum absolute atomic E-state index is 5.44. The van der Waals surface area contributed by atoms with Gasteiger partial charge in [-0.25, -0.2) is 4.99 Å². The van der Waals surface area contributed by atoms with Crippen LogP contribution in [-0.2, 0) is 18.3 Å². The Labute approximate surface area is 181 Å². The predicted octanol–water partition coefficient (Wildman–Crippen LogP) is 0.610. The summed E-state index contributed by atoms with van der Waals surface area (Å²) in [6, 6.07) is 0.974. The molecule has 0 aliphatic carbocycles. The molecule has 3 heterocycles. The van der Waals surface area contributed by atoms with E-state index in [0.717, 1.165) is 76.5 Å². The van der Waals surface area contributed by atoms with Gasteiger partial charge in [0.1, 0.15) is 12.4 Å². The molecular formula is C21H40N8O. The van der Waals surface area contributed by atoms with Gasteiger partial charge in [0.15, 0.2) is 11.8 Å². The van der Waals surface area contributed by atoms with Crippen molar-refractivity contribution in [1.82, 2.24) is 35.2 Å². The molecule has 0 spiro atoms. The average molecular weight is 421 g/mol. The summed E-state index contributed by atoms with van der Waals surface area (Å²) in [6.07, 6.45) is 1.09. The molecular weight excluding hydrogens is 380 g/mol. The molecule has 0 radical (unpaired) electrons. The normalized spacial score (nSPS) is 24.0. The van der Waals surface area contributed by atoms with Crippen LogP contribution < -0.4 is 10.6 Å². The second-order valence-electron chi connectivity index (χ2n) is 8.90. The Kier molecular flexibility index (Phi) is 8.47. The fourth-order valence-electron chi connectivity index (χ4n) is 4.01. The third kappa shape index (κ3) is 6.39. The van der Waals surface area contributed by atoms with Crippen LogP contribution in [-0.4, -0.2) is 95.1 Å². The minimum absolute atomic E-state index is 0.402. The summed E-state index contributed by atoms with van der Waals surface area (Å²) < 4.78 is 7.43. The first-order valence-electron chi connectivity index (χ1n) is 11.4. The van der Waals surface area contributed by atoms with E-state index in [0.29, 0.717) is 24.5 Å². The lowest BCUT2D eigenvalue weighted by Crippen LogP contribution is -2.47. The van der Waals surface area contributed by atoms with Crippen molar-refractivity contribution in [3.63, 3.8) is 0 Å². The standard InChI is InChI=1S/C21H40N8O/c1-16(2)29-14-17(3)19(15-29)24-21(23-13-20-26-25-18(4)27(20)5)22-7-6-8-28-9-11-30-12-10-28/h16-17,19H,6-15H2,1-5H3,(H2,22,23,24). The van der Waals surface area contributed by atoms with Crippen molar-refractivity contribution in [2.45, 2.75) is 52.7 Å². The quantitative estimate of drug-likeness (QED) is 0.362. The van der Waals surface area contributed by atoms with E-state index in [1.54, 1.807) is 0 Å². The summed E-state index contributed by atoms with van der Waals surface area (Å²) in [7, 11) is 1.99. The van der Waals surface area contributed by atoms with Gasteiger partial charge < -0.3 is 19.9 Å². The molecule has 30 heavy (non-hydrogen) atoms. The van der Waals surface area contributed by atoms with E-state index in [9.17, 15) is 0 Å². The highest BCUT2D eigenvalue weighted by Crippen LogP contribution is 2.18. The highest BCUT2D eigenvalue weighted by Gasteiger charge is 2.31. The molecule has 3 rings (SSSR count). The number of hydrogen-bond acceptors (Lipinski definition) is 6. The van der Waals surface area contributed by atoms with Gasteiger partial charge in [-0.05, 0) is 39.7 Å². The molecule has 2 aliphatic heterocycles. The number of nitrogens with one attached hydrogen (secondary N) is 2. The molecule has 0 amide bonds. The largest absolute Gasteiger partial charge is 0.379 e. The Bertz CT molecular complexity index is 683. The van der Waals surface area contributed by atoms with Crippen LogP contribution in [0.3, 0.4) is 0 Å². The van der Waals surface area contributed by atoms with Crippen LogP contribution in [0, 0.1) is 12.8 Å². The van der Waals surface area contributed by atoms with Gasteiger partial charge in [-0.2, -0.15) is 0 Å². The van der Waals surface area contributed by atoms with Crippen molar-refractivity contribution >= 4 is 5.96 Å². The first-order valence-corrected chi connectivity index (χ1v) is 11.4. The van der Waals surface area contributed by atoms with Crippen LogP contribution in [0.5, 0.6) is 0 Å². The molecule has 0 saturated carbocycles. The van der Waals surface area contributed by atoms with Crippen molar-refractivity contribution in [3.05, 3.63) is 11.6 Å². The summed E-state index contributed by atoms with van der Waals surface area (Å²) >= 11 is 0. The zero-order chi connectivity index (χ0) is 21.5. The number of ether oxygens (including phenoxy) is 1. The van der Waals surface area contributed by atoms with Crippen molar-refractivity contribution in [2.24, 2.45) is 18.0 Å². The van der Waals surface area contributed by atoms with Crippen molar-refractivity contribution < 1.29 is 4.74 Å². The molecule has 1 aromatic heterocycles. The Morgan fingerprint density at radius 1 is 1.23 bits per heavy atom. The van der Waals surface area contributed by atoms with Gasteiger partial charge in [0.2, 0.25) is 0 Å². The Hall–Kier alpha value is -1.71. The molecule has 2 saturated heterocycles. The first-order chi connectivity index (χ1) is 14.4. The molecule has 9 heteroatoms. The molecule has 0 bridgehead atoms. The van der Waals surface area contributed by atoms with Crippen molar-refractivity contribution in [3.8, 4) is 0 Å². The first kappa shape index (κ1) is 23.0. The van der Waals surface area contributed by atoms with Crippen LogP contribution in [0.2, 0.25) is 0 Å². The van der Waals surface area contributed by atoms with Crippen LogP contribution in [0.25, 0.3) is 0 Å². The van der Waals surface area contributed by atoms with Gasteiger partial charge in [-0.15, -0.1) is 10.2 Å². The zero-order valence-corrected chi connectivity index (χ0v) is 19.4. The Morgan fingerprint density at radius 2 is 2.00 bits per heavy atom. The lowest BCUT2D eigenvalue weighted by molar-refractivity contribution is 0.0376. The van der Waals surface area contributed by atoms with E-state index < -0.39 is 0 Å². The van der Waals surface area contributed by atoms with E-state index in [4.69, 9.17) is 9.73 Å². The summed E-state index contributed by atoms with van der Waals surface area (Å²) in [5.41, 5.74) is 0. The monoisotopic (exact) mass is 420 g/mol. The third-order valence-corrected chi connectivity index (χ3v) is 6.30. The average Bonchev–Trinajstić information content (AvgIpc) is 3.26. The van der Waals surface area contributed by atoms with E-state index in [2.05, 4.69) is 51.4 Å². The van der Waals surface area contributed by atoms with Gasteiger partial charge in [-0.3, -0.25) is 9.80 Å². The molecule has 2 unspecified atom stereocenters. The minimum atomic E-state index is 0.402. The molecule has 2 atom stereocenters. The van der Waals surface area contributed by atoms with Gasteiger partial charge in [0.25, 0.3) is 0 Å². The molecule has 9 nitrogen and oxygen atoms in total. The number of likely N-dealkylation sites (tertiary alicyclic amines) is 1. The predicted molar refractivity (Wildman–Crippen MR) is 120 cm³/mol. The van der Waals surface area contributed by atoms with E-state index in [-0.39, 0.29) is 0 Å². The zero-order valence-electron chi connectivity index (χ0n) is 19.4. The van der Waals surface area contributed by atoms with Crippen LogP contribution in [0.1, 0.15) is 38.8 Å². The van der Waals surface area contributed by atoms with Gasteiger partial charge in [-0.1, -0.05) is 6.92 Å². The summed E-state index contributed by atoms with van der Waals surface area (Å²) in [4.78, 5) is 9.84. The van der Waals surface area contributed by atoms with Gasteiger partial charge in [0.05, 0.1) is 13.2 Å². The smallest absolute Gasteiger partial charge is 0.191 e. The molecule has 0 aromatic carbocycles. The minimum Gasteiger partial charge on any atom is -0.379 e. The number of aliphatic imine (C=N–C) groups is 1. The lowest BCUT2D eigenvalue weighted by atomic mass is 10.1. The lowest BCUT2D eigenvalue weighted by Gasteiger charge is -2.26. The van der Waals surface area contributed by atoms with Crippen LogP contribution in [0.4, 0.5) is 0 Å². The summed E-state index contributed by atoms with van der Waals surface area (Å²) in [6.45, 7) is 17.3. The molecule has 2 N–H and O–H groups in total. The summed E-state index contributed by atoms with van der Waals surface area (Å²) in [5.74, 6) is 3.25. The van der Waals surface area contributed by atoms with E-state index >= 15 is 0 Å². The Morgan fingerprint density at radius 3 is 2.63 bits per heavy atom. The third-order valence-electron chi connectivity index (χ3n) is 6.30. The molecule has 2 aliphatic rings. The van der Waals surface area contributed by atoms with E-state index in [1.165, 1.54) is 0 Å². The van der Waals surface area contributed by atoms with Gasteiger partial charge >= 0.3 is 0 Å². The fourth-order valence-corrected chi connectivity index (χ4v) is 4.01. The number of hydrogen-bond donors (Lipinski definition) is 2. The number of guanidine groups is 1. The molecule has 170 valence electrons. The number of nitrogens with zero attached hydrogens (tertiary/aromatic N) is 6. The number of rotatable bonds is 8. The SMILES string of the molecule is Cc1nnc(CN=C(NCCCN2CCOCC2)NC2CN(C(C)C)CC2C)n1C. The summed E-state index contributed by atoms with van der Waals surface area (Å²) in [5, 5.41) is 15.6. The molecule has 1 aromatic rings. The molecule has 2 fully saturated rings. The number of morpholine rings is 1. The number of aryl methyl sites for hydroxylation is 1. The van der Waals surface area contributed by atoms with Crippen molar-refractivity contribution in [2.75, 3.05) is 52.5 Å². The Balaban J connectivity index is 1.56.